The summed E-state index contributed by atoms with van der Waals surface area (Å²) >= 11 is 0. The highest BCUT2D eigenvalue weighted by Gasteiger charge is 2.67. The van der Waals surface area contributed by atoms with E-state index >= 15 is 4.39 Å². The zero-order valence-electron chi connectivity index (χ0n) is 27.2. The van der Waals surface area contributed by atoms with Gasteiger partial charge in [0, 0.05) is 11.8 Å². The van der Waals surface area contributed by atoms with E-state index in [1.165, 1.54) is 18.2 Å². The van der Waals surface area contributed by atoms with E-state index in [-0.39, 0.29) is 29.9 Å². The van der Waals surface area contributed by atoms with Crippen LogP contribution in [0, 0.1) is 29.0 Å². The molecule has 8 atom stereocenters. The topological polar surface area (TPSA) is 156 Å². The Morgan fingerprint density at radius 3 is 2.54 bits per heavy atom. The van der Waals surface area contributed by atoms with Crippen LogP contribution in [0.25, 0.3) is 0 Å². The average Bonchev–Trinajstić information content (AvgIpc) is 3.29. The number of alkyl halides is 1. The number of fused-ring (bicyclic) bond motifs is 1. The molecule has 48 heavy (non-hydrogen) atoms. The van der Waals surface area contributed by atoms with Crippen molar-refractivity contribution in [2.45, 2.75) is 76.3 Å². The highest BCUT2D eigenvalue weighted by Crippen LogP contribution is 2.61. The fourth-order valence-corrected chi connectivity index (χ4v) is 8.10. The molecule has 3 aliphatic rings. The Morgan fingerprint density at radius 1 is 1.15 bits per heavy atom. The smallest absolute Gasteiger partial charge is 0.340 e. The van der Waals surface area contributed by atoms with Crippen LogP contribution in [0.2, 0.25) is 0 Å². The standard InChI is InChI=1S/C37H42F2N2O7/c1-4-23-16-26(42)12-13-35(23,3)37(39)18-24-14-21(2)32(36(24,47)19-31(37)44)30(43)20-48-34(46)27-11-10-25(38)17-29(27)41-33(45)28(40)15-22-8-6-5-7-9-22/h5-13,16-17,21,24,28,31-32,44,47H,4,14-15,18-20,40H2,1-3H3,(H,41,45)/t21-,24?,28?,31?,32?,35?,36?,37?/m1/s1. The molecule has 0 saturated heterocycles. The molecule has 9 nitrogen and oxygen atoms in total. The van der Waals surface area contributed by atoms with Gasteiger partial charge in [-0.05, 0) is 80.4 Å². The van der Waals surface area contributed by atoms with Gasteiger partial charge in [-0.2, -0.15) is 0 Å². The van der Waals surface area contributed by atoms with Crippen molar-refractivity contribution in [1.82, 2.24) is 0 Å². The maximum atomic E-state index is 17.0. The van der Waals surface area contributed by atoms with E-state index in [2.05, 4.69) is 5.32 Å². The Morgan fingerprint density at radius 2 is 1.85 bits per heavy atom. The van der Waals surface area contributed by atoms with Gasteiger partial charge in [-0.15, -0.1) is 0 Å². The van der Waals surface area contributed by atoms with Gasteiger partial charge in [0.25, 0.3) is 0 Å². The second-order valence-electron chi connectivity index (χ2n) is 13.6. The first-order valence-corrected chi connectivity index (χ1v) is 16.3. The normalized spacial score (nSPS) is 31.8. The Balaban J connectivity index is 1.27. The summed E-state index contributed by atoms with van der Waals surface area (Å²) in [6.07, 6.45) is 2.74. The van der Waals surface area contributed by atoms with Crippen molar-refractivity contribution >= 4 is 29.1 Å². The molecule has 0 heterocycles. The highest BCUT2D eigenvalue weighted by atomic mass is 19.1. The predicted molar refractivity (Wildman–Crippen MR) is 174 cm³/mol. The van der Waals surface area contributed by atoms with Gasteiger partial charge >= 0.3 is 5.97 Å². The van der Waals surface area contributed by atoms with Crippen molar-refractivity contribution < 1.29 is 42.9 Å². The van der Waals surface area contributed by atoms with Gasteiger partial charge < -0.3 is 26.0 Å². The summed E-state index contributed by atoms with van der Waals surface area (Å²) in [6, 6.07) is 11.1. The molecule has 11 heteroatoms. The SMILES string of the molecule is CCC1=CC(=O)C=CC1(C)C1(F)CC2C[C@@H](C)C(C(=O)COC(=O)c3ccc(F)cc3NC(=O)C(N)Cc3ccccc3)C2(O)CC1O. The number of hydrogen-bond donors (Lipinski definition) is 4. The molecule has 2 aromatic carbocycles. The molecular formula is C37H42F2N2O7. The number of ketones is 2. The first-order chi connectivity index (χ1) is 22.6. The first-order valence-electron chi connectivity index (χ1n) is 16.3. The molecule has 2 saturated carbocycles. The zero-order chi connectivity index (χ0) is 35.0. The number of nitrogens with one attached hydrogen (secondary N) is 1. The van der Waals surface area contributed by atoms with E-state index in [1.807, 2.05) is 13.0 Å². The third-order valence-corrected chi connectivity index (χ3v) is 10.7. The first kappa shape index (κ1) is 35.3. The Labute approximate surface area is 278 Å². The summed E-state index contributed by atoms with van der Waals surface area (Å²) in [5, 5.41) is 25.7. The fraction of sp³-hybridized carbons (Fsp3) is 0.459. The van der Waals surface area contributed by atoms with Crippen molar-refractivity contribution in [3.63, 3.8) is 0 Å². The Bertz CT molecular complexity index is 1660. The van der Waals surface area contributed by atoms with Gasteiger partial charge in [0.05, 0.1) is 34.9 Å². The van der Waals surface area contributed by atoms with Crippen molar-refractivity contribution in [2.24, 2.45) is 28.9 Å². The molecule has 3 aliphatic carbocycles. The van der Waals surface area contributed by atoms with Crippen molar-refractivity contribution in [2.75, 3.05) is 11.9 Å². The number of amides is 1. The van der Waals surface area contributed by atoms with Crippen LogP contribution in [-0.4, -0.2) is 63.7 Å². The van der Waals surface area contributed by atoms with Crippen LogP contribution in [0.15, 0.2) is 72.3 Å². The van der Waals surface area contributed by atoms with Gasteiger partial charge in [0.15, 0.2) is 18.2 Å². The number of hydrogen-bond acceptors (Lipinski definition) is 8. The summed E-state index contributed by atoms with van der Waals surface area (Å²) in [4.78, 5) is 51.6. The number of halogens is 2. The number of rotatable bonds is 10. The molecule has 2 aromatic rings. The number of esters is 1. The van der Waals surface area contributed by atoms with Crippen LogP contribution in [0.3, 0.4) is 0 Å². The second kappa shape index (κ2) is 13.4. The summed E-state index contributed by atoms with van der Waals surface area (Å²) in [5.74, 6) is -5.44. The maximum Gasteiger partial charge on any atom is 0.340 e. The van der Waals surface area contributed by atoms with Crippen LogP contribution < -0.4 is 11.1 Å². The number of ether oxygens (including phenoxy) is 1. The molecule has 7 unspecified atom stereocenters. The molecular weight excluding hydrogens is 622 g/mol. The lowest BCUT2D eigenvalue weighted by atomic mass is 9.55. The minimum atomic E-state index is -2.21. The lowest BCUT2D eigenvalue weighted by molar-refractivity contribution is -0.185. The molecule has 0 spiro atoms. The van der Waals surface area contributed by atoms with E-state index in [9.17, 15) is 33.8 Å². The summed E-state index contributed by atoms with van der Waals surface area (Å²) in [7, 11) is 0. The van der Waals surface area contributed by atoms with Crippen molar-refractivity contribution in [1.29, 1.82) is 0 Å². The van der Waals surface area contributed by atoms with Crippen molar-refractivity contribution in [3.05, 3.63) is 89.3 Å². The number of anilines is 1. The lowest BCUT2D eigenvalue weighted by Gasteiger charge is -2.54. The number of nitrogens with two attached hydrogens (primary N) is 1. The summed E-state index contributed by atoms with van der Waals surface area (Å²) < 4.78 is 36.5. The number of carbonyl (C=O) groups is 4. The molecule has 0 bridgehead atoms. The van der Waals surface area contributed by atoms with Gasteiger partial charge in [-0.3, -0.25) is 14.4 Å². The average molecular weight is 665 g/mol. The van der Waals surface area contributed by atoms with Gasteiger partial charge in [0.2, 0.25) is 5.91 Å². The van der Waals surface area contributed by atoms with Crippen LogP contribution in [-0.2, 0) is 25.5 Å². The molecule has 5 rings (SSSR count). The number of benzene rings is 2. The van der Waals surface area contributed by atoms with E-state index < -0.39 is 83.1 Å². The quantitative estimate of drug-likeness (QED) is 0.272. The largest absolute Gasteiger partial charge is 0.454 e. The Kier molecular flexibility index (Phi) is 9.88. The lowest BCUT2D eigenvalue weighted by Crippen LogP contribution is -2.63. The molecule has 5 N–H and O–H groups in total. The number of aliphatic hydroxyl groups is 2. The minimum Gasteiger partial charge on any atom is -0.454 e. The number of allylic oxidation sites excluding steroid dienone is 4. The van der Waals surface area contributed by atoms with Gasteiger partial charge in [0.1, 0.15) is 11.5 Å². The molecule has 0 aliphatic heterocycles. The van der Waals surface area contributed by atoms with E-state index in [0.717, 1.165) is 23.8 Å². The second-order valence-corrected chi connectivity index (χ2v) is 13.6. The third-order valence-electron chi connectivity index (χ3n) is 10.7. The number of aliphatic hydroxyl groups excluding tert-OH is 1. The third kappa shape index (κ3) is 6.38. The molecule has 0 radical (unpaired) electrons. The molecule has 1 amide bonds. The summed E-state index contributed by atoms with van der Waals surface area (Å²) in [5.41, 5.74) is 1.76. The number of Topliss-reactive ketones (excluding diaryl/α,β-unsaturated/α-hetero) is 1. The monoisotopic (exact) mass is 664 g/mol. The van der Waals surface area contributed by atoms with Crippen molar-refractivity contribution in [3.8, 4) is 0 Å². The van der Waals surface area contributed by atoms with E-state index in [1.54, 1.807) is 38.1 Å². The van der Waals surface area contributed by atoms with E-state index in [0.29, 0.717) is 18.4 Å². The van der Waals surface area contributed by atoms with Crippen LogP contribution in [0.5, 0.6) is 0 Å². The minimum absolute atomic E-state index is 0.184. The zero-order valence-corrected chi connectivity index (χ0v) is 27.2. The summed E-state index contributed by atoms with van der Waals surface area (Å²) in [6.45, 7) is 4.45. The van der Waals surface area contributed by atoms with Gasteiger partial charge in [-0.25, -0.2) is 13.6 Å². The number of carbonyl (C=O) groups excluding carboxylic acids is 4. The molecule has 256 valence electrons. The van der Waals surface area contributed by atoms with Crippen LogP contribution >= 0.6 is 0 Å². The van der Waals surface area contributed by atoms with Crippen LogP contribution in [0.4, 0.5) is 14.5 Å². The maximum absolute atomic E-state index is 17.0. The van der Waals surface area contributed by atoms with Gasteiger partial charge in [-0.1, -0.05) is 55.8 Å². The van der Waals surface area contributed by atoms with E-state index in [4.69, 9.17) is 10.5 Å². The fourth-order valence-electron chi connectivity index (χ4n) is 8.10. The predicted octanol–water partition coefficient (Wildman–Crippen LogP) is 4.41. The van der Waals surface area contributed by atoms with Crippen LogP contribution in [0.1, 0.15) is 62.4 Å². The Hall–Kier alpha value is -4.06. The molecule has 2 fully saturated rings. The highest BCUT2D eigenvalue weighted by molar-refractivity contribution is 6.03. The molecule has 0 aromatic heterocycles.